The minimum absolute atomic E-state index is 0.0658. The summed E-state index contributed by atoms with van der Waals surface area (Å²) in [6.45, 7) is 5.04. The Morgan fingerprint density at radius 3 is 2.65 bits per heavy atom. The maximum absolute atomic E-state index is 15.0. The molecule has 5 heterocycles. The van der Waals surface area contributed by atoms with Crippen LogP contribution in [-0.4, -0.2) is 57.0 Å². The van der Waals surface area contributed by atoms with E-state index in [1.807, 2.05) is 17.8 Å². The molecule has 192 valence electrons. The number of rotatable bonds is 5. The number of hydrogen-bond donors (Lipinski definition) is 0. The summed E-state index contributed by atoms with van der Waals surface area (Å²) < 4.78 is 37.7. The smallest absolute Gasteiger partial charge is 0.228 e. The quantitative estimate of drug-likeness (QED) is 0.359. The first kappa shape index (κ1) is 23.0. The van der Waals surface area contributed by atoms with E-state index in [0.717, 1.165) is 42.7 Å². The van der Waals surface area contributed by atoms with Gasteiger partial charge in [-0.1, -0.05) is 11.3 Å². The lowest BCUT2D eigenvalue weighted by atomic mass is 10.1. The van der Waals surface area contributed by atoms with Crippen molar-refractivity contribution in [2.75, 3.05) is 36.0 Å². The molecule has 8 nitrogen and oxygen atoms in total. The third-order valence-corrected chi connectivity index (χ3v) is 8.36. The standard InChI is InChI=1S/C26H27F2N7OS/c1-15-12-34(14-21(36-15)16-11-29-35(13-16)18-5-6-18)25-30-22(19-7-4-17(27)10-20(19)28)23-24(31-25)32-26(37-23)33-8-2-3-9-33/h4,7,10-11,13,15,18,21H,2-3,5-6,8-9,12,14H2,1H3/t15-,21+/m0/s1. The number of thiazole rings is 1. The van der Waals surface area contributed by atoms with Crippen LogP contribution in [0, 0.1) is 11.6 Å². The van der Waals surface area contributed by atoms with Crippen molar-refractivity contribution in [3.8, 4) is 11.3 Å². The van der Waals surface area contributed by atoms with Gasteiger partial charge in [-0.3, -0.25) is 4.68 Å². The van der Waals surface area contributed by atoms with Gasteiger partial charge < -0.3 is 14.5 Å². The Labute approximate surface area is 216 Å². The largest absolute Gasteiger partial charge is 0.367 e. The molecule has 0 unspecified atom stereocenters. The van der Waals surface area contributed by atoms with E-state index in [-0.39, 0.29) is 17.8 Å². The molecule has 11 heteroatoms. The first-order chi connectivity index (χ1) is 18.0. The Bertz CT molecular complexity index is 1460. The molecule has 0 spiro atoms. The zero-order valence-electron chi connectivity index (χ0n) is 20.5. The fourth-order valence-electron chi connectivity index (χ4n) is 5.21. The zero-order valence-corrected chi connectivity index (χ0v) is 21.3. The Morgan fingerprint density at radius 2 is 1.86 bits per heavy atom. The summed E-state index contributed by atoms with van der Waals surface area (Å²) in [5, 5.41) is 5.39. The van der Waals surface area contributed by atoms with E-state index in [9.17, 15) is 8.78 Å². The highest BCUT2D eigenvalue weighted by Crippen LogP contribution is 2.39. The van der Waals surface area contributed by atoms with Crippen molar-refractivity contribution in [3.63, 3.8) is 0 Å². The molecule has 1 aliphatic carbocycles. The van der Waals surface area contributed by atoms with Gasteiger partial charge in [0.2, 0.25) is 5.95 Å². The van der Waals surface area contributed by atoms with Crippen molar-refractivity contribution < 1.29 is 13.5 Å². The van der Waals surface area contributed by atoms with Crippen LogP contribution in [0.25, 0.3) is 21.6 Å². The molecular formula is C26H27F2N7OS. The maximum Gasteiger partial charge on any atom is 0.228 e. The number of aromatic nitrogens is 5. The molecule has 1 saturated carbocycles. The summed E-state index contributed by atoms with van der Waals surface area (Å²) in [6.07, 6.45) is 8.28. The number of anilines is 2. The molecule has 4 aromatic rings. The van der Waals surface area contributed by atoms with Crippen LogP contribution in [0.5, 0.6) is 0 Å². The van der Waals surface area contributed by atoms with Gasteiger partial charge in [-0.05, 0) is 44.7 Å². The second kappa shape index (κ2) is 8.98. The summed E-state index contributed by atoms with van der Waals surface area (Å²) >= 11 is 1.47. The average molecular weight is 524 g/mol. The highest BCUT2D eigenvalue weighted by atomic mass is 32.1. The monoisotopic (exact) mass is 523 g/mol. The average Bonchev–Trinajstić information content (AvgIpc) is 3.28. The van der Waals surface area contributed by atoms with Crippen LogP contribution in [0.3, 0.4) is 0 Å². The van der Waals surface area contributed by atoms with Gasteiger partial charge in [0.05, 0.1) is 30.6 Å². The summed E-state index contributed by atoms with van der Waals surface area (Å²) in [5.41, 5.74) is 2.25. The molecule has 0 amide bonds. The number of morpholine rings is 1. The number of fused-ring (bicyclic) bond motifs is 1. The summed E-state index contributed by atoms with van der Waals surface area (Å²) in [5.74, 6) is -0.799. The van der Waals surface area contributed by atoms with Crippen LogP contribution >= 0.6 is 11.3 Å². The highest BCUT2D eigenvalue weighted by Gasteiger charge is 2.32. The summed E-state index contributed by atoms with van der Waals surface area (Å²) in [7, 11) is 0. The van der Waals surface area contributed by atoms with Crippen molar-refractivity contribution >= 4 is 32.8 Å². The van der Waals surface area contributed by atoms with E-state index in [0.29, 0.717) is 41.1 Å². The second-order valence-electron chi connectivity index (χ2n) is 10.2. The van der Waals surface area contributed by atoms with Crippen LogP contribution < -0.4 is 9.80 Å². The molecule has 1 aromatic carbocycles. The highest BCUT2D eigenvalue weighted by molar-refractivity contribution is 7.22. The predicted octanol–water partition coefficient (Wildman–Crippen LogP) is 5.13. The van der Waals surface area contributed by atoms with Crippen LogP contribution in [0.1, 0.15) is 50.3 Å². The Balaban J connectivity index is 1.29. The van der Waals surface area contributed by atoms with Crippen molar-refractivity contribution in [1.82, 2.24) is 24.7 Å². The van der Waals surface area contributed by atoms with E-state index in [4.69, 9.17) is 19.7 Å². The SMILES string of the molecule is C[C@H]1CN(c2nc(-c3ccc(F)cc3F)c3sc(N4CCCC4)nc3n2)C[C@H](c2cnn(C3CC3)c2)O1. The van der Waals surface area contributed by atoms with E-state index in [1.54, 1.807) is 0 Å². The van der Waals surface area contributed by atoms with Gasteiger partial charge in [0.1, 0.15) is 22.4 Å². The lowest BCUT2D eigenvalue weighted by Crippen LogP contribution is -2.43. The lowest BCUT2D eigenvalue weighted by molar-refractivity contribution is -0.0178. The van der Waals surface area contributed by atoms with E-state index in [2.05, 4.69) is 21.1 Å². The molecule has 2 atom stereocenters. The molecule has 37 heavy (non-hydrogen) atoms. The van der Waals surface area contributed by atoms with Crippen LogP contribution in [0.15, 0.2) is 30.6 Å². The van der Waals surface area contributed by atoms with Crippen molar-refractivity contribution in [3.05, 3.63) is 47.8 Å². The third-order valence-electron chi connectivity index (χ3n) is 7.25. The van der Waals surface area contributed by atoms with Crippen molar-refractivity contribution in [2.45, 2.75) is 50.9 Å². The van der Waals surface area contributed by atoms with E-state index in [1.165, 1.54) is 36.3 Å². The zero-order chi connectivity index (χ0) is 25.1. The van der Waals surface area contributed by atoms with Gasteiger partial charge in [0.25, 0.3) is 0 Å². The van der Waals surface area contributed by atoms with E-state index >= 15 is 0 Å². The van der Waals surface area contributed by atoms with Gasteiger partial charge in [-0.25, -0.2) is 13.8 Å². The Hall–Kier alpha value is -3.18. The fourth-order valence-corrected chi connectivity index (χ4v) is 6.27. The molecule has 0 N–H and O–H groups in total. The molecular weight excluding hydrogens is 496 g/mol. The minimum atomic E-state index is -0.650. The minimum Gasteiger partial charge on any atom is -0.367 e. The molecule has 2 aliphatic heterocycles. The second-order valence-corrected chi connectivity index (χ2v) is 11.1. The number of halogens is 2. The van der Waals surface area contributed by atoms with Gasteiger partial charge in [0, 0.05) is 43.0 Å². The topological polar surface area (TPSA) is 72.2 Å². The maximum atomic E-state index is 15.0. The normalized spacial score (nSPS) is 22.4. The van der Waals surface area contributed by atoms with Crippen LogP contribution in [0.2, 0.25) is 0 Å². The van der Waals surface area contributed by atoms with Gasteiger partial charge in [-0.15, -0.1) is 0 Å². The molecule has 0 radical (unpaired) electrons. The molecule has 3 aliphatic rings. The number of benzene rings is 1. The number of nitrogens with zero attached hydrogens (tertiary/aromatic N) is 7. The molecule has 3 fully saturated rings. The summed E-state index contributed by atoms with van der Waals surface area (Å²) in [4.78, 5) is 18.9. The van der Waals surface area contributed by atoms with Crippen molar-refractivity contribution in [2.24, 2.45) is 0 Å². The predicted molar refractivity (Wildman–Crippen MR) is 138 cm³/mol. The lowest BCUT2D eigenvalue weighted by Gasteiger charge is -2.36. The fraction of sp³-hybridized carbons (Fsp3) is 0.462. The van der Waals surface area contributed by atoms with Gasteiger partial charge in [0.15, 0.2) is 10.8 Å². The molecule has 0 bridgehead atoms. The van der Waals surface area contributed by atoms with Crippen LogP contribution in [-0.2, 0) is 4.74 Å². The molecule has 7 rings (SSSR count). The molecule has 3 aromatic heterocycles. The third kappa shape index (κ3) is 4.33. The summed E-state index contributed by atoms with van der Waals surface area (Å²) in [6, 6.07) is 4.11. The van der Waals surface area contributed by atoms with Crippen molar-refractivity contribution in [1.29, 1.82) is 0 Å². The number of ether oxygens (including phenoxy) is 1. The van der Waals surface area contributed by atoms with Crippen LogP contribution in [0.4, 0.5) is 19.9 Å². The number of hydrogen-bond acceptors (Lipinski definition) is 8. The molecule has 2 saturated heterocycles. The van der Waals surface area contributed by atoms with E-state index < -0.39 is 11.6 Å². The van der Waals surface area contributed by atoms with Gasteiger partial charge >= 0.3 is 0 Å². The first-order valence-corrected chi connectivity index (χ1v) is 13.7. The van der Waals surface area contributed by atoms with Gasteiger partial charge in [-0.2, -0.15) is 15.1 Å². The Morgan fingerprint density at radius 1 is 1.03 bits per heavy atom. The Kier molecular flexibility index (Phi) is 5.58. The first-order valence-electron chi connectivity index (χ1n) is 12.9.